The van der Waals surface area contributed by atoms with Gasteiger partial charge in [-0.25, -0.2) is 0 Å². The molecule has 2 N–H and O–H groups in total. The van der Waals surface area contributed by atoms with Crippen LogP contribution in [0.15, 0.2) is 24.3 Å². The van der Waals surface area contributed by atoms with E-state index in [9.17, 15) is 9.90 Å². The maximum absolute atomic E-state index is 10.9. The molecule has 0 spiro atoms. The minimum absolute atomic E-state index is 0.123. The van der Waals surface area contributed by atoms with Crippen molar-refractivity contribution in [2.24, 2.45) is 5.41 Å². The molecule has 0 aromatic heterocycles. The Balaban J connectivity index is 2.57. The van der Waals surface area contributed by atoms with Gasteiger partial charge in [0, 0.05) is 0 Å². The van der Waals surface area contributed by atoms with E-state index in [0.717, 1.165) is 5.56 Å². The largest absolute Gasteiger partial charge is 0.492 e. The zero-order chi connectivity index (χ0) is 13.8. The molecule has 0 aliphatic carbocycles. The van der Waals surface area contributed by atoms with Crippen LogP contribution in [0.2, 0.25) is 0 Å². The number of carboxylic acid groups (broad SMARTS) is 1. The molecule has 0 fully saturated rings. The molecule has 0 saturated carbocycles. The van der Waals surface area contributed by atoms with Crippen LogP contribution in [0, 0.1) is 5.41 Å². The van der Waals surface area contributed by atoms with Gasteiger partial charge in [-0.1, -0.05) is 12.1 Å². The number of hydrogen-bond donors (Lipinski definition) is 2. The van der Waals surface area contributed by atoms with E-state index in [-0.39, 0.29) is 12.7 Å². The van der Waals surface area contributed by atoms with Gasteiger partial charge in [-0.2, -0.15) is 0 Å². The van der Waals surface area contributed by atoms with E-state index < -0.39 is 11.4 Å². The number of rotatable bonds is 6. The SMILES string of the molecule is CC(O)Cc1ccc(OCC(C)(C)C(=O)O)cc1. The van der Waals surface area contributed by atoms with Crippen LogP contribution >= 0.6 is 0 Å². The molecule has 0 heterocycles. The second kappa shape index (κ2) is 5.87. The van der Waals surface area contributed by atoms with E-state index in [1.807, 2.05) is 12.1 Å². The summed E-state index contributed by atoms with van der Waals surface area (Å²) >= 11 is 0. The number of carboxylic acids is 1. The highest BCUT2D eigenvalue weighted by Gasteiger charge is 2.28. The van der Waals surface area contributed by atoms with Crippen molar-refractivity contribution in [1.29, 1.82) is 0 Å². The fourth-order valence-electron chi connectivity index (χ4n) is 1.39. The Bertz CT molecular complexity index is 393. The van der Waals surface area contributed by atoms with Gasteiger partial charge in [0.1, 0.15) is 12.4 Å². The lowest BCUT2D eigenvalue weighted by Gasteiger charge is -2.19. The van der Waals surface area contributed by atoms with Crippen LogP contribution in [0.25, 0.3) is 0 Å². The number of carbonyl (C=O) groups is 1. The van der Waals surface area contributed by atoms with E-state index in [1.165, 1.54) is 0 Å². The quantitative estimate of drug-likeness (QED) is 0.813. The van der Waals surface area contributed by atoms with E-state index in [0.29, 0.717) is 12.2 Å². The summed E-state index contributed by atoms with van der Waals surface area (Å²) in [4.78, 5) is 10.9. The average molecular weight is 252 g/mol. The summed E-state index contributed by atoms with van der Waals surface area (Å²) in [6.07, 6.45) is 0.226. The Labute approximate surface area is 107 Å². The predicted octanol–water partition coefficient (Wildman–Crippen LogP) is 2.10. The Morgan fingerprint density at radius 1 is 1.33 bits per heavy atom. The first-order chi connectivity index (χ1) is 8.31. The first kappa shape index (κ1) is 14.5. The molecule has 0 amide bonds. The molecule has 1 rings (SSSR count). The Hall–Kier alpha value is -1.55. The lowest BCUT2D eigenvalue weighted by atomic mass is 9.95. The highest BCUT2D eigenvalue weighted by atomic mass is 16.5. The van der Waals surface area contributed by atoms with Gasteiger partial charge in [0.15, 0.2) is 0 Å². The van der Waals surface area contributed by atoms with Gasteiger partial charge < -0.3 is 14.9 Å². The fourth-order valence-corrected chi connectivity index (χ4v) is 1.39. The molecule has 0 saturated heterocycles. The molecule has 0 radical (unpaired) electrons. The van der Waals surface area contributed by atoms with Crippen LogP contribution in [0.1, 0.15) is 26.3 Å². The second-order valence-electron chi connectivity index (χ2n) is 5.17. The van der Waals surface area contributed by atoms with Crippen LogP contribution in [-0.4, -0.2) is 28.9 Å². The van der Waals surface area contributed by atoms with Gasteiger partial charge in [-0.05, 0) is 44.9 Å². The second-order valence-corrected chi connectivity index (χ2v) is 5.17. The maximum atomic E-state index is 10.9. The van der Waals surface area contributed by atoms with Crippen molar-refractivity contribution in [3.8, 4) is 5.75 Å². The first-order valence-corrected chi connectivity index (χ1v) is 5.94. The Morgan fingerprint density at radius 3 is 2.33 bits per heavy atom. The van der Waals surface area contributed by atoms with Gasteiger partial charge in [-0.3, -0.25) is 4.79 Å². The number of ether oxygens (including phenoxy) is 1. The third-order valence-corrected chi connectivity index (χ3v) is 2.63. The number of aliphatic carboxylic acids is 1. The van der Waals surface area contributed by atoms with Crippen molar-refractivity contribution in [1.82, 2.24) is 0 Å². The normalized spacial score (nSPS) is 13.1. The van der Waals surface area contributed by atoms with Crippen molar-refractivity contribution in [3.05, 3.63) is 29.8 Å². The van der Waals surface area contributed by atoms with Gasteiger partial charge in [0.25, 0.3) is 0 Å². The minimum atomic E-state index is -0.904. The van der Waals surface area contributed by atoms with E-state index in [2.05, 4.69) is 0 Å². The summed E-state index contributed by atoms with van der Waals surface area (Å²) in [5.41, 5.74) is 0.119. The number of benzene rings is 1. The summed E-state index contributed by atoms with van der Waals surface area (Å²) in [5, 5.41) is 18.2. The summed E-state index contributed by atoms with van der Waals surface area (Å²) in [7, 11) is 0. The van der Waals surface area contributed by atoms with E-state index in [4.69, 9.17) is 9.84 Å². The zero-order valence-corrected chi connectivity index (χ0v) is 11.0. The van der Waals surface area contributed by atoms with Gasteiger partial charge in [-0.15, -0.1) is 0 Å². The number of hydrogen-bond acceptors (Lipinski definition) is 3. The predicted molar refractivity (Wildman–Crippen MR) is 68.7 cm³/mol. The van der Waals surface area contributed by atoms with Crippen LogP contribution in [0.5, 0.6) is 5.75 Å². The summed E-state index contributed by atoms with van der Waals surface area (Å²) in [6, 6.07) is 7.32. The van der Waals surface area contributed by atoms with Gasteiger partial charge in [0.2, 0.25) is 0 Å². The molecule has 1 aromatic carbocycles. The molecule has 4 heteroatoms. The summed E-state index contributed by atoms with van der Waals surface area (Å²) in [5.74, 6) is -0.244. The van der Waals surface area contributed by atoms with Crippen molar-refractivity contribution >= 4 is 5.97 Å². The highest BCUT2D eigenvalue weighted by Crippen LogP contribution is 2.19. The molecule has 1 atom stereocenters. The number of aliphatic hydroxyl groups excluding tert-OH is 1. The molecule has 100 valence electrons. The molecule has 4 nitrogen and oxygen atoms in total. The number of aliphatic hydroxyl groups is 1. The molecule has 0 aliphatic rings. The summed E-state index contributed by atoms with van der Waals surface area (Å²) in [6.45, 7) is 5.10. The Morgan fingerprint density at radius 2 is 1.89 bits per heavy atom. The van der Waals surface area contributed by atoms with Gasteiger partial charge in [0.05, 0.1) is 11.5 Å². The lowest BCUT2D eigenvalue weighted by molar-refractivity contribution is -0.148. The average Bonchev–Trinajstić information content (AvgIpc) is 2.27. The summed E-state index contributed by atoms with van der Waals surface area (Å²) < 4.78 is 5.45. The van der Waals surface area contributed by atoms with E-state index >= 15 is 0 Å². The molecular weight excluding hydrogens is 232 g/mol. The maximum Gasteiger partial charge on any atom is 0.312 e. The highest BCUT2D eigenvalue weighted by molar-refractivity contribution is 5.73. The van der Waals surface area contributed by atoms with Crippen molar-refractivity contribution in [2.75, 3.05) is 6.61 Å². The van der Waals surface area contributed by atoms with Crippen molar-refractivity contribution in [3.63, 3.8) is 0 Å². The molecule has 18 heavy (non-hydrogen) atoms. The standard InChI is InChI=1S/C14H20O4/c1-10(15)8-11-4-6-12(7-5-11)18-9-14(2,3)13(16)17/h4-7,10,15H,8-9H2,1-3H3,(H,16,17). The zero-order valence-electron chi connectivity index (χ0n) is 11.0. The first-order valence-electron chi connectivity index (χ1n) is 5.94. The minimum Gasteiger partial charge on any atom is -0.492 e. The van der Waals surface area contributed by atoms with Crippen molar-refractivity contribution < 1.29 is 19.7 Å². The molecule has 0 bridgehead atoms. The third-order valence-electron chi connectivity index (χ3n) is 2.63. The van der Waals surface area contributed by atoms with E-state index in [1.54, 1.807) is 32.9 Å². The van der Waals surface area contributed by atoms with Crippen molar-refractivity contribution in [2.45, 2.75) is 33.3 Å². The molecule has 1 aromatic rings. The smallest absolute Gasteiger partial charge is 0.312 e. The van der Waals surface area contributed by atoms with Crippen LogP contribution in [0.3, 0.4) is 0 Å². The lowest BCUT2D eigenvalue weighted by Crippen LogP contribution is -2.30. The molecule has 1 unspecified atom stereocenters. The monoisotopic (exact) mass is 252 g/mol. The Kier molecular flexibility index (Phi) is 4.73. The topological polar surface area (TPSA) is 66.8 Å². The van der Waals surface area contributed by atoms with Crippen LogP contribution in [-0.2, 0) is 11.2 Å². The molecule has 0 aliphatic heterocycles. The van der Waals surface area contributed by atoms with Crippen LogP contribution in [0.4, 0.5) is 0 Å². The van der Waals surface area contributed by atoms with Crippen LogP contribution < -0.4 is 4.74 Å². The third kappa shape index (κ3) is 4.37. The fraction of sp³-hybridized carbons (Fsp3) is 0.500. The molecular formula is C14H20O4. The van der Waals surface area contributed by atoms with Gasteiger partial charge >= 0.3 is 5.97 Å².